The Hall–Kier alpha value is -3.96. The highest BCUT2D eigenvalue weighted by Crippen LogP contribution is 2.41. The molecular formula is C28H27ClF4N6O. The van der Waals surface area contributed by atoms with Crippen molar-refractivity contribution in [2.75, 3.05) is 50.2 Å². The number of hydrogen-bond donors (Lipinski definition) is 2. The van der Waals surface area contributed by atoms with Gasteiger partial charge in [0.1, 0.15) is 5.82 Å². The van der Waals surface area contributed by atoms with E-state index in [1.165, 1.54) is 12.1 Å². The van der Waals surface area contributed by atoms with E-state index in [1.807, 2.05) is 19.0 Å². The summed E-state index contributed by atoms with van der Waals surface area (Å²) in [5.74, 6) is -1.63. The number of rotatable bonds is 8. The predicted octanol–water partition coefficient (Wildman–Crippen LogP) is 6.33. The van der Waals surface area contributed by atoms with Crippen molar-refractivity contribution in [3.05, 3.63) is 76.7 Å². The first-order valence-electron chi connectivity index (χ1n) is 12.2. The lowest BCUT2D eigenvalue weighted by atomic mass is 10.0. The van der Waals surface area contributed by atoms with Crippen LogP contribution in [0.2, 0.25) is 5.02 Å². The van der Waals surface area contributed by atoms with Crippen LogP contribution in [0, 0.1) is 5.82 Å². The molecule has 0 aliphatic heterocycles. The molecule has 0 atom stereocenters. The summed E-state index contributed by atoms with van der Waals surface area (Å²) in [7, 11) is 5.47. The Balaban J connectivity index is 1.69. The summed E-state index contributed by atoms with van der Waals surface area (Å²) in [5.41, 5.74) is 6.04. The maximum absolute atomic E-state index is 14.9. The molecule has 4 rings (SSSR count). The third-order valence-electron chi connectivity index (χ3n) is 6.26. The molecule has 0 unspecified atom stereocenters. The van der Waals surface area contributed by atoms with E-state index in [0.29, 0.717) is 35.0 Å². The van der Waals surface area contributed by atoms with Gasteiger partial charge in [0.25, 0.3) is 5.91 Å². The van der Waals surface area contributed by atoms with Gasteiger partial charge < -0.3 is 20.9 Å². The van der Waals surface area contributed by atoms with Gasteiger partial charge in [0.05, 0.1) is 33.0 Å². The van der Waals surface area contributed by atoms with Gasteiger partial charge in [0, 0.05) is 25.2 Å². The van der Waals surface area contributed by atoms with Gasteiger partial charge in [-0.3, -0.25) is 4.79 Å². The normalized spacial score (nSPS) is 11.7. The first-order valence-corrected chi connectivity index (χ1v) is 12.6. The fraction of sp³-hybridized carbons (Fsp3) is 0.250. The van der Waals surface area contributed by atoms with Gasteiger partial charge in [-0.25, -0.2) is 14.4 Å². The van der Waals surface area contributed by atoms with Crippen molar-refractivity contribution in [2.45, 2.75) is 12.6 Å². The summed E-state index contributed by atoms with van der Waals surface area (Å²) in [5, 5.41) is 2.96. The monoisotopic (exact) mass is 574 g/mol. The number of nitrogens with two attached hydrogens (primary N) is 1. The first kappa shape index (κ1) is 29.0. The van der Waals surface area contributed by atoms with Crippen LogP contribution in [0.5, 0.6) is 0 Å². The molecule has 1 amide bonds. The Bertz CT molecular complexity index is 1560. The lowest BCUT2D eigenvalue weighted by Gasteiger charge is -2.26. The molecule has 4 aromatic rings. The average molecular weight is 575 g/mol. The molecule has 210 valence electrons. The molecule has 0 fully saturated rings. The van der Waals surface area contributed by atoms with Crippen molar-refractivity contribution in [1.29, 1.82) is 0 Å². The van der Waals surface area contributed by atoms with Crippen molar-refractivity contribution in [3.63, 3.8) is 0 Å². The van der Waals surface area contributed by atoms with Crippen LogP contribution in [0.3, 0.4) is 0 Å². The molecule has 7 nitrogen and oxygen atoms in total. The Kier molecular flexibility index (Phi) is 8.45. The summed E-state index contributed by atoms with van der Waals surface area (Å²) in [6, 6.07) is 10.8. The number of anilines is 3. The largest absolute Gasteiger partial charge is 0.416 e. The number of alkyl halides is 3. The summed E-state index contributed by atoms with van der Waals surface area (Å²) >= 11 is 6.30. The Morgan fingerprint density at radius 2 is 1.73 bits per heavy atom. The number of nitrogen functional groups attached to an aromatic ring is 1. The van der Waals surface area contributed by atoms with Gasteiger partial charge in [0.2, 0.25) is 5.95 Å². The van der Waals surface area contributed by atoms with Crippen molar-refractivity contribution < 1.29 is 22.4 Å². The minimum Gasteiger partial charge on any atom is -0.372 e. The second-order valence-corrected chi connectivity index (χ2v) is 9.99. The standard InChI is InChI=1S/C28H27ClF4N6O/c1-38(2)9-4-10-39(3)25-21(29)13-19(28(31,32)33)14-24(25)36-26(40)20-12-17(5-7-22(20)30)16-6-8-23-18(11-16)15-35-27(34)37-23/h5-8,11-15H,4,9-10H2,1-3H3,(H,36,40)(H2,34,35,37). The zero-order chi connectivity index (χ0) is 29.2. The minimum atomic E-state index is -4.71. The van der Waals surface area contributed by atoms with Gasteiger partial charge in [-0.15, -0.1) is 0 Å². The lowest BCUT2D eigenvalue weighted by Crippen LogP contribution is -2.25. The van der Waals surface area contributed by atoms with Crippen LogP contribution in [0.1, 0.15) is 22.3 Å². The van der Waals surface area contributed by atoms with Crippen LogP contribution in [-0.4, -0.2) is 55.0 Å². The molecule has 0 saturated carbocycles. The first-order chi connectivity index (χ1) is 18.8. The van der Waals surface area contributed by atoms with Crippen LogP contribution in [-0.2, 0) is 6.18 Å². The van der Waals surface area contributed by atoms with E-state index >= 15 is 0 Å². The predicted molar refractivity (Wildman–Crippen MR) is 150 cm³/mol. The molecule has 1 heterocycles. The maximum atomic E-state index is 14.9. The Labute approximate surface area is 233 Å². The summed E-state index contributed by atoms with van der Waals surface area (Å²) in [4.78, 5) is 25.0. The van der Waals surface area contributed by atoms with Crippen LogP contribution in [0.15, 0.2) is 54.7 Å². The number of fused-ring (bicyclic) bond motifs is 1. The highest BCUT2D eigenvalue weighted by atomic mass is 35.5. The molecule has 1 aromatic heterocycles. The van der Waals surface area contributed by atoms with E-state index in [0.717, 1.165) is 24.7 Å². The number of aromatic nitrogens is 2. The van der Waals surface area contributed by atoms with E-state index < -0.39 is 23.5 Å². The van der Waals surface area contributed by atoms with Crippen molar-refractivity contribution in [1.82, 2.24) is 14.9 Å². The van der Waals surface area contributed by atoms with E-state index in [-0.39, 0.29) is 27.9 Å². The molecular weight excluding hydrogens is 548 g/mol. The number of nitrogens with one attached hydrogen (secondary N) is 1. The average Bonchev–Trinajstić information content (AvgIpc) is 2.87. The van der Waals surface area contributed by atoms with Crippen LogP contribution in [0.4, 0.5) is 34.9 Å². The van der Waals surface area contributed by atoms with Crippen LogP contribution < -0.4 is 16.0 Å². The zero-order valence-electron chi connectivity index (χ0n) is 22.0. The molecule has 3 N–H and O–H groups in total. The van der Waals surface area contributed by atoms with Crippen molar-refractivity contribution in [2.24, 2.45) is 0 Å². The third kappa shape index (κ3) is 6.60. The number of halogens is 5. The van der Waals surface area contributed by atoms with Crippen LogP contribution >= 0.6 is 11.6 Å². The van der Waals surface area contributed by atoms with Crippen molar-refractivity contribution in [3.8, 4) is 11.1 Å². The number of carbonyl (C=O) groups excluding carboxylic acids is 1. The number of benzene rings is 3. The zero-order valence-corrected chi connectivity index (χ0v) is 22.7. The molecule has 0 spiro atoms. The molecule has 0 radical (unpaired) electrons. The molecule has 0 aliphatic carbocycles. The maximum Gasteiger partial charge on any atom is 0.416 e. The van der Waals surface area contributed by atoms with Gasteiger partial charge in [0.15, 0.2) is 0 Å². The van der Waals surface area contributed by atoms with Gasteiger partial charge in [-0.1, -0.05) is 23.7 Å². The van der Waals surface area contributed by atoms with Gasteiger partial charge >= 0.3 is 6.18 Å². The van der Waals surface area contributed by atoms with E-state index in [4.69, 9.17) is 17.3 Å². The highest BCUT2D eigenvalue weighted by Gasteiger charge is 2.33. The fourth-order valence-corrected chi connectivity index (χ4v) is 4.64. The SMILES string of the molecule is CN(C)CCCN(C)c1c(Cl)cc(C(F)(F)F)cc1NC(=O)c1cc(-c2ccc3nc(N)ncc3c2)ccc1F. The van der Waals surface area contributed by atoms with E-state index in [2.05, 4.69) is 15.3 Å². The van der Waals surface area contributed by atoms with E-state index in [9.17, 15) is 22.4 Å². The summed E-state index contributed by atoms with van der Waals surface area (Å²) < 4.78 is 55.7. The fourth-order valence-electron chi connectivity index (χ4n) is 4.28. The molecule has 0 bridgehead atoms. The minimum absolute atomic E-state index is 0.124. The number of hydrogen-bond acceptors (Lipinski definition) is 6. The smallest absolute Gasteiger partial charge is 0.372 e. The molecule has 3 aromatic carbocycles. The van der Waals surface area contributed by atoms with E-state index in [1.54, 1.807) is 36.3 Å². The summed E-state index contributed by atoms with van der Waals surface area (Å²) in [6.45, 7) is 1.18. The second-order valence-electron chi connectivity index (χ2n) is 9.58. The molecule has 40 heavy (non-hydrogen) atoms. The topological polar surface area (TPSA) is 87.4 Å². The van der Waals surface area contributed by atoms with Crippen molar-refractivity contribution >= 4 is 45.7 Å². The second kappa shape index (κ2) is 11.6. The molecule has 0 aliphatic rings. The number of nitrogens with zero attached hydrogens (tertiary/aromatic N) is 4. The number of amides is 1. The number of carbonyl (C=O) groups is 1. The van der Waals surface area contributed by atoms with Crippen LogP contribution in [0.25, 0.3) is 22.0 Å². The van der Waals surface area contributed by atoms with Gasteiger partial charge in [-0.05, 0) is 74.6 Å². The Morgan fingerprint density at radius 3 is 2.42 bits per heavy atom. The summed E-state index contributed by atoms with van der Waals surface area (Å²) in [6.07, 6.45) is -2.47. The quantitative estimate of drug-likeness (QED) is 0.239. The van der Waals surface area contributed by atoms with Gasteiger partial charge in [-0.2, -0.15) is 13.2 Å². The highest BCUT2D eigenvalue weighted by molar-refractivity contribution is 6.34. The third-order valence-corrected chi connectivity index (χ3v) is 6.55. The molecule has 0 saturated heterocycles. The lowest BCUT2D eigenvalue weighted by molar-refractivity contribution is -0.137. The molecule has 12 heteroatoms. The Morgan fingerprint density at radius 1 is 1.02 bits per heavy atom.